The molecule has 1 aromatic rings. The van der Waals surface area contributed by atoms with E-state index in [1.807, 2.05) is 0 Å². The van der Waals surface area contributed by atoms with Gasteiger partial charge >= 0.3 is 5.69 Å². The summed E-state index contributed by atoms with van der Waals surface area (Å²) in [5.74, 6) is 0.122. The van der Waals surface area contributed by atoms with E-state index in [-0.39, 0.29) is 15.9 Å². The van der Waals surface area contributed by atoms with Gasteiger partial charge in [-0.2, -0.15) is 0 Å². The highest BCUT2D eigenvalue weighted by Gasteiger charge is 2.28. The summed E-state index contributed by atoms with van der Waals surface area (Å²) in [5.41, 5.74) is 5.34. The average molecular weight is 347 g/mol. The lowest BCUT2D eigenvalue weighted by atomic mass is 9.97. The number of ether oxygens (including phenoxy) is 1. The van der Waals surface area contributed by atoms with Crippen LogP contribution in [0.2, 0.25) is 0 Å². The lowest BCUT2D eigenvalue weighted by molar-refractivity contribution is -0.386. The SMILES string of the molecule is NCC1CCCC1COc1cc(Br)c(F)cc1[N+](=O)[O-]. The standard InChI is InChI=1S/C13H16BrFN2O3/c14-10-4-13(12(17(18)19)5-11(10)15)20-7-9-3-1-2-8(9)6-16/h4-5,8-9H,1-3,6-7,16H2. The van der Waals surface area contributed by atoms with Gasteiger partial charge in [-0.1, -0.05) is 6.42 Å². The Morgan fingerprint density at radius 1 is 1.45 bits per heavy atom. The molecular formula is C13H16BrFN2O3. The van der Waals surface area contributed by atoms with E-state index in [9.17, 15) is 14.5 Å². The van der Waals surface area contributed by atoms with Crippen molar-refractivity contribution in [2.75, 3.05) is 13.2 Å². The molecule has 0 heterocycles. The quantitative estimate of drug-likeness (QED) is 0.655. The minimum atomic E-state index is -0.676. The van der Waals surface area contributed by atoms with Crippen molar-refractivity contribution in [1.82, 2.24) is 0 Å². The zero-order valence-electron chi connectivity index (χ0n) is 10.9. The Labute approximate surface area is 124 Å². The number of halogens is 2. The van der Waals surface area contributed by atoms with Crippen LogP contribution in [-0.2, 0) is 0 Å². The second-order valence-electron chi connectivity index (χ2n) is 4.99. The van der Waals surface area contributed by atoms with Crippen LogP contribution in [0.3, 0.4) is 0 Å². The topological polar surface area (TPSA) is 78.4 Å². The van der Waals surface area contributed by atoms with E-state index in [0.29, 0.717) is 25.0 Å². The molecule has 1 saturated carbocycles. The van der Waals surface area contributed by atoms with Crippen LogP contribution in [0.15, 0.2) is 16.6 Å². The first-order valence-electron chi connectivity index (χ1n) is 6.49. The average Bonchev–Trinajstić information content (AvgIpc) is 2.86. The van der Waals surface area contributed by atoms with E-state index in [0.717, 1.165) is 25.3 Å². The van der Waals surface area contributed by atoms with Gasteiger partial charge in [0.15, 0.2) is 5.75 Å². The van der Waals surface area contributed by atoms with E-state index in [1.165, 1.54) is 6.07 Å². The summed E-state index contributed by atoms with van der Waals surface area (Å²) >= 11 is 3.01. The Kier molecular flexibility index (Phi) is 4.93. The maximum Gasteiger partial charge on any atom is 0.313 e. The lowest BCUT2D eigenvalue weighted by Gasteiger charge is -2.18. The Hall–Kier alpha value is -1.21. The molecule has 2 N–H and O–H groups in total. The fourth-order valence-corrected chi connectivity index (χ4v) is 2.94. The maximum atomic E-state index is 13.4. The number of rotatable bonds is 5. The number of hydrogen-bond acceptors (Lipinski definition) is 4. The van der Waals surface area contributed by atoms with Gasteiger partial charge in [-0.05, 0) is 47.2 Å². The highest BCUT2D eigenvalue weighted by Crippen LogP contribution is 2.35. The molecule has 110 valence electrons. The van der Waals surface area contributed by atoms with Gasteiger partial charge in [0.25, 0.3) is 0 Å². The zero-order valence-corrected chi connectivity index (χ0v) is 12.4. The number of nitrogens with two attached hydrogens (primary N) is 1. The molecule has 0 aliphatic heterocycles. The minimum absolute atomic E-state index is 0.0888. The summed E-state index contributed by atoms with van der Waals surface area (Å²) in [6, 6.07) is 2.17. The molecule has 20 heavy (non-hydrogen) atoms. The molecule has 0 aromatic heterocycles. The second-order valence-corrected chi connectivity index (χ2v) is 5.84. The van der Waals surface area contributed by atoms with Gasteiger partial charge in [0.1, 0.15) is 5.82 Å². The monoisotopic (exact) mass is 346 g/mol. The number of hydrogen-bond donors (Lipinski definition) is 1. The van der Waals surface area contributed by atoms with E-state index in [2.05, 4.69) is 15.9 Å². The molecule has 0 amide bonds. The van der Waals surface area contributed by atoms with Gasteiger partial charge in [0.05, 0.1) is 22.1 Å². The molecule has 1 aliphatic carbocycles. The summed E-state index contributed by atoms with van der Waals surface area (Å²) in [6.45, 7) is 0.976. The molecular weight excluding hydrogens is 331 g/mol. The van der Waals surface area contributed by atoms with Crippen LogP contribution in [0.5, 0.6) is 5.75 Å². The number of benzene rings is 1. The van der Waals surface area contributed by atoms with Gasteiger partial charge in [-0.3, -0.25) is 10.1 Å². The third-order valence-electron chi connectivity index (χ3n) is 3.77. The minimum Gasteiger partial charge on any atom is -0.486 e. The molecule has 5 nitrogen and oxygen atoms in total. The molecule has 1 aliphatic rings. The summed E-state index contributed by atoms with van der Waals surface area (Å²) in [4.78, 5) is 10.3. The number of nitro benzene ring substituents is 1. The zero-order chi connectivity index (χ0) is 14.7. The maximum absolute atomic E-state index is 13.4. The molecule has 0 spiro atoms. The molecule has 0 saturated heterocycles. The van der Waals surface area contributed by atoms with Crippen molar-refractivity contribution in [1.29, 1.82) is 0 Å². The molecule has 1 aromatic carbocycles. The highest BCUT2D eigenvalue weighted by molar-refractivity contribution is 9.10. The van der Waals surface area contributed by atoms with Crippen molar-refractivity contribution in [2.45, 2.75) is 19.3 Å². The third-order valence-corrected chi connectivity index (χ3v) is 4.38. The van der Waals surface area contributed by atoms with Crippen molar-refractivity contribution in [3.63, 3.8) is 0 Å². The van der Waals surface area contributed by atoms with Crippen LogP contribution < -0.4 is 10.5 Å². The van der Waals surface area contributed by atoms with Crippen molar-refractivity contribution < 1.29 is 14.1 Å². The predicted molar refractivity (Wildman–Crippen MR) is 76.1 cm³/mol. The predicted octanol–water partition coefficient (Wildman–Crippen LogP) is 3.25. The fourth-order valence-electron chi connectivity index (χ4n) is 2.62. The van der Waals surface area contributed by atoms with Crippen LogP contribution in [0.1, 0.15) is 19.3 Å². The van der Waals surface area contributed by atoms with Crippen LogP contribution in [0.25, 0.3) is 0 Å². The van der Waals surface area contributed by atoms with Gasteiger partial charge in [0.2, 0.25) is 0 Å². The van der Waals surface area contributed by atoms with Gasteiger partial charge in [-0.25, -0.2) is 4.39 Å². The Morgan fingerprint density at radius 3 is 2.80 bits per heavy atom. The molecule has 2 atom stereocenters. The Morgan fingerprint density at radius 2 is 2.15 bits per heavy atom. The van der Waals surface area contributed by atoms with Crippen molar-refractivity contribution in [3.8, 4) is 5.75 Å². The second kappa shape index (κ2) is 6.49. The van der Waals surface area contributed by atoms with Crippen LogP contribution in [-0.4, -0.2) is 18.1 Å². The third kappa shape index (κ3) is 3.27. The van der Waals surface area contributed by atoms with Crippen LogP contribution >= 0.6 is 15.9 Å². The van der Waals surface area contributed by atoms with Gasteiger partial charge in [0, 0.05) is 6.07 Å². The smallest absolute Gasteiger partial charge is 0.313 e. The normalized spacial score (nSPS) is 21.9. The van der Waals surface area contributed by atoms with Crippen LogP contribution in [0, 0.1) is 27.8 Å². The van der Waals surface area contributed by atoms with Gasteiger partial charge in [-0.15, -0.1) is 0 Å². The first kappa shape index (κ1) is 15.2. The van der Waals surface area contributed by atoms with Gasteiger partial charge < -0.3 is 10.5 Å². The molecule has 2 unspecified atom stereocenters. The molecule has 7 heteroatoms. The molecule has 0 bridgehead atoms. The summed E-state index contributed by atoms with van der Waals surface area (Å²) in [7, 11) is 0. The van der Waals surface area contributed by atoms with E-state index < -0.39 is 10.7 Å². The highest BCUT2D eigenvalue weighted by atomic mass is 79.9. The number of nitro groups is 1. The first-order chi connectivity index (χ1) is 9.52. The van der Waals surface area contributed by atoms with Crippen molar-refractivity contribution >= 4 is 21.6 Å². The summed E-state index contributed by atoms with van der Waals surface area (Å²) in [6.07, 6.45) is 3.18. The molecule has 0 radical (unpaired) electrons. The van der Waals surface area contributed by atoms with Crippen LogP contribution in [0.4, 0.5) is 10.1 Å². The largest absolute Gasteiger partial charge is 0.486 e. The Balaban J connectivity index is 2.12. The van der Waals surface area contributed by atoms with E-state index >= 15 is 0 Å². The van der Waals surface area contributed by atoms with E-state index in [4.69, 9.17) is 10.5 Å². The number of nitrogens with zero attached hydrogens (tertiary/aromatic N) is 1. The van der Waals surface area contributed by atoms with Crippen molar-refractivity contribution in [3.05, 3.63) is 32.5 Å². The van der Waals surface area contributed by atoms with E-state index in [1.54, 1.807) is 0 Å². The molecule has 2 rings (SSSR count). The fraction of sp³-hybridized carbons (Fsp3) is 0.538. The Bertz CT molecular complexity index is 513. The summed E-state index contributed by atoms with van der Waals surface area (Å²) < 4.78 is 19.1. The molecule has 1 fully saturated rings. The summed E-state index contributed by atoms with van der Waals surface area (Å²) in [5, 5.41) is 10.9. The first-order valence-corrected chi connectivity index (χ1v) is 7.28. The van der Waals surface area contributed by atoms with Crippen molar-refractivity contribution in [2.24, 2.45) is 17.6 Å². The lowest BCUT2D eigenvalue weighted by Crippen LogP contribution is -2.23.